The molecule has 0 heterocycles. The molecule has 0 radical (unpaired) electrons. The number of hydrogen-bond donors (Lipinski definition) is 2. The largest absolute Gasteiger partial charge is 0.326 e. The molecule has 1 rings (SSSR count). The molecule has 0 bridgehead atoms. The number of para-hydroxylation sites is 1. The summed E-state index contributed by atoms with van der Waals surface area (Å²) >= 11 is 0. The maximum absolute atomic E-state index is 12.0. The third-order valence-electron chi connectivity index (χ3n) is 3.50. The highest BCUT2D eigenvalue weighted by atomic mass is 16.1. The van der Waals surface area contributed by atoms with Crippen molar-refractivity contribution in [2.75, 3.05) is 18.4 Å². The number of carbonyl (C=O) groups excluding carboxylic acids is 1. The van der Waals surface area contributed by atoms with Crippen molar-refractivity contribution >= 4 is 11.6 Å². The van der Waals surface area contributed by atoms with Gasteiger partial charge < -0.3 is 10.6 Å². The van der Waals surface area contributed by atoms with E-state index in [2.05, 4.69) is 44.4 Å². The van der Waals surface area contributed by atoms with E-state index in [4.69, 9.17) is 0 Å². The van der Waals surface area contributed by atoms with E-state index in [0.717, 1.165) is 18.8 Å². The maximum atomic E-state index is 12.0. The summed E-state index contributed by atoms with van der Waals surface area (Å²) in [6, 6.07) is 8.05. The molecule has 118 valence electrons. The van der Waals surface area contributed by atoms with Gasteiger partial charge in [-0.1, -0.05) is 58.7 Å². The van der Waals surface area contributed by atoms with Crippen LogP contribution in [0.2, 0.25) is 0 Å². The Hall–Kier alpha value is -1.35. The van der Waals surface area contributed by atoms with E-state index in [1.807, 2.05) is 18.2 Å². The second-order valence-electron chi connectivity index (χ2n) is 6.55. The molecular weight excluding hydrogens is 260 g/mol. The number of benzene rings is 1. The third kappa shape index (κ3) is 6.76. The van der Waals surface area contributed by atoms with Crippen LogP contribution < -0.4 is 10.6 Å². The summed E-state index contributed by atoms with van der Waals surface area (Å²) < 4.78 is 0. The van der Waals surface area contributed by atoms with Gasteiger partial charge in [-0.05, 0) is 30.0 Å². The number of amides is 1. The van der Waals surface area contributed by atoms with Crippen LogP contribution in [0.25, 0.3) is 0 Å². The predicted molar refractivity (Wildman–Crippen MR) is 90.8 cm³/mol. The lowest BCUT2D eigenvalue weighted by Gasteiger charge is -2.23. The Morgan fingerprint density at radius 3 is 2.48 bits per heavy atom. The van der Waals surface area contributed by atoms with Crippen molar-refractivity contribution in [1.29, 1.82) is 0 Å². The number of rotatable bonds is 8. The molecule has 0 unspecified atom stereocenters. The highest BCUT2D eigenvalue weighted by Gasteiger charge is 2.18. The molecule has 0 aliphatic heterocycles. The molecule has 0 saturated carbocycles. The Bertz CT molecular complexity index is 435. The van der Waals surface area contributed by atoms with Gasteiger partial charge in [0.1, 0.15) is 0 Å². The van der Waals surface area contributed by atoms with Gasteiger partial charge >= 0.3 is 0 Å². The Kier molecular flexibility index (Phi) is 7.44. The van der Waals surface area contributed by atoms with E-state index in [0.29, 0.717) is 6.42 Å². The molecule has 21 heavy (non-hydrogen) atoms. The van der Waals surface area contributed by atoms with Crippen LogP contribution in [-0.4, -0.2) is 19.0 Å². The normalized spacial score (nSPS) is 11.4. The van der Waals surface area contributed by atoms with Gasteiger partial charge in [-0.25, -0.2) is 0 Å². The van der Waals surface area contributed by atoms with Gasteiger partial charge in [0, 0.05) is 18.7 Å². The Labute approximate surface area is 129 Å². The second-order valence-corrected chi connectivity index (χ2v) is 6.55. The van der Waals surface area contributed by atoms with E-state index >= 15 is 0 Å². The van der Waals surface area contributed by atoms with Crippen molar-refractivity contribution in [2.24, 2.45) is 0 Å². The first-order valence-corrected chi connectivity index (χ1v) is 8.05. The lowest BCUT2D eigenvalue weighted by Crippen LogP contribution is -2.24. The molecule has 3 heteroatoms. The third-order valence-corrected chi connectivity index (χ3v) is 3.50. The monoisotopic (exact) mass is 290 g/mol. The molecule has 1 aromatic rings. The van der Waals surface area contributed by atoms with E-state index in [1.54, 1.807) is 0 Å². The minimum absolute atomic E-state index is 0.0300. The van der Waals surface area contributed by atoms with Gasteiger partial charge in [0.2, 0.25) is 5.91 Å². The molecule has 0 spiro atoms. The fourth-order valence-electron chi connectivity index (χ4n) is 2.29. The standard InChI is InChI=1S/C18H30N2O/c1-5-6-9-13-19-14-12-17(21)20-16-11-8-7-10-15(16)18(2,3)4/h7-8,10-11,19H,5-6,9,12-14H2,1-4H3,(H,20,21). The van der Waals surface area contributed by atoms with Crippen LogP contribution in [0.15, 0.2) is 24.3 Å². The first kappa shape index (κ1) is 17.7. The fourth-order valence-corrected chi connectivity index (χ4v) is 2.29. The number of anilines is 1. The fraction of sp³-hybridized carbons (Fsp3) is 0.611. The van der Waals surface area contributed by atoms with E-state index in [9.17, 15) is 4.79 Å². The van der Waals surface area contributed by atoms with Gasteiger partial charge in [0.15, 0.2) is 0 Å². The topological polar surface area (TPSA) is 41.1 Å². The smallest absolute Gasteiger partial charge is 0.225 e. The van der Waals surface area contributed by atoms with Crippen molar-refractivity contribution in [1.82, 2.24) is 5.32 Å². The molecule has 0 saturated heterocycles. The van der Waals surface area contributed by atoms with E-state index in [-0.39, 0.29) is 11.3 Å². The highest BCUT2D eigenvalue weighted by Crippen LogP contribution is 2.29. The van der Waals surface area contributed by atoms with Crippen molar-refractivity contribution in [3.8, 4) is 0 Å². The maximum Gasteiger partial charge on any atom is 0.225 e. The second kappa shape index (κ2) is 8.83. The lowest BCUT2D eigenvalue weighted by atomic mass is 9.86. The van der Waals surface area contributed by atoms with E-state index in [1.165, 1.54) is 24.8 Å². The van der Waals surface area contributed by atoms with Gasteiger partial charge in [0.25, 0.3) is 0 Å². The average molecular weight is 290 g/mol. The Morgan fingerprint density at radius 2 is 1.81 bits per heavy atom. The quantitative estimate of drug-likeness (QED) is 0.708. The molecule has 0 aliphatic rings. The minimum atomic E-state index is 0.0300. The van der Waals surface area contributed by atoms with Gasteiger partial charge in [-0.3, -0.25) is 4.79 Å². The van der Waals surface area contributed by atoms with Crippen molar-refractivity contribution in [3.63, 3.8) is 0 Å². The van der Waals surface area contributed by atoms with Crippen LogP contribution >= 0.6 is 0 Å². The SMILES string of the molecule is CCCCCNCCC(=O)Nc1ccccc1C(C)(C)C. The van der Waals surface area contributed by atoms with Crippen LogP contribution in [0.5, 0.6) is 0 Å². The zero-order chi connectivity index (χ0) is 15.7. The number of unbranched alkanes of at least 4 members (excludes halogenated alkanes) is 2. The highest BCUT2D eigenvalue weighted by molar-refractivity contribution is 5.91. The van der Waals surface area contributed by atoms with Gasteiger partial charge in [0.05, 0.1) is 0 Å². The van der Waals surface area contributed by atoms with Crippen LogP contribution in [0, 0.1) is 0 Å². The van der Waals surface area contributed by atoms with Gasteiger partial charge in [-0.2, -0.15) is 0 Å². The zero-order valence-corrected chi connectivity index (χ0v) is 14.0. The molecule has 2 N–H and O–H groups in total. The number of nitrogens with one attached hydrogen (secondary N) is 2. The van der Waals surface area contributed by atoms with E-state index < -0.39 is 0 Å². The Morgan fingerprint density at radius 1 is 1.10 bits per heavy atom. The molecule has 1 aromatic carbocycles. The molecule has 0 aliphatic carbocycles. The van der Waals surface area contributed by atoms with Crippen molar-refractivity contribution < 1.29 is 4.79 Å². The summed E-state index contributed by atoms with van der Waals surface area (Å²) in [4.78, 5) is 12.0. The molecular formula is C18H30N2O. The number of carbonyl (C=O) groups is 1. The van der Waals surface area contributed by atoms with Crippen LogP contribution in [0.1, 0.15) is 58.9 Å². The summed E-state index contributed by atoms with van der Waals surface area (Å²) in [7, 11) is 0. The van der Waals surface area contributed by atoms with Crippen molar-refractivity contribution in [2.45, 2.75) is 58.8 Å². The summed E-state index contributed by atoms with van der Waals surface area (Å²) in [5, 5.41) is 6.36. The summed E-state index contributed by atoms with van der Waals surface area (Å²) in [6.07, 6.45) is 4.18. The zero-order valence-electron chi connectivity index (χ0n) is 14.0. The van der Waals surface area contributed by atoms with Crippen LogP contribution in [-0.2, 0) is 10.2 Å². The summed E-state index contributed by atoms with van der Waals surface area (Å²) in [5.74, 6) is 0.0784. The first-order valence-electron chi connectivity index (χ1n) is 8.05. The minimum Gasteiger partial charge on any atom is -0.326 e. The van der Waals surface area contributed by atoms with Crippen LogP contribution in [0.4, 0.5) is 5.69 Å². The summed E-state index contributed by atoms with van der Waals surface area (Å²) in [6.45, 7) is 10.4. The van der Waals surface area contributed by atoms with Crippen LogP contribution in [0.3, 0.4) is 0 Å². The van der Waals surface area contributed by atoms with Gasteiger partial charge in [-0.15, -0.1) is 0 Å². The molecule has 3 nitrogen and oxygen atoms in total. The molecule has 1 amide bonds. The molecule has 0 fully saturated rings. The average Bonchev–Trinajstić information content (AvgIpc) is 2.42. The summed E-state index contributed by atoms with van der Waals surface area (Å²) in [5.41, 5.74) is 2.14. The predicted octanol–water partition coefficient (Wildman–Crippen LogP) is 4.09. The molecule has 0 atom stereocenters. The molecule has 0 aromatic heterocycles. The number of hydrogen-bond acceptors (Lipinski definition) is 2. The first-order chi connectivity index (χ1) is 9.95. The van der Waals surface area contributed by atoms with Crippen molar-refractivity contribution in [3.05, 3.63) is 29.8 Å². The Balaban J connectivity index is 2.42. The lowest BCUT2D eigenvalue weighted by molar-refractivity contribution is -0.116.